The van der Waals surface area contributed by atoms with Gasteiger partial charge < -0.3 is 14.8 Å². The van der Waals surface area contributed by atoms with Gasteiger partial charge in [0.15, 0.2) is 0 Å². The molecule has 3 aliphatic heterocycles. The molecule has 3 aliphatic rings. The van der Waals surface area contributed by atoms with Crippen LogP contribution in [-0.2, 0) is 9.59 Å². The molecular weight excluding hydrogens is 460 g/mol. The van der Waals surface area contributed by atoms with Crippen molar-refractivity contribution in [1.29, 1.82) is 0 Å². The Morgan fingerprint density at radius 1 is 0.914 bits per heavy atom. The summed E-state index contributed by atoms with van der Waals surface area (Å²) in [6, 6.07) is 10.3. The van der Waals surface area contributed by atoms with Gasteiger partial charge in [0.1, 0.15) is 4.83 Å². The zero-order chi connectivity index (χ0) is 23.5. The molecule has 0 atom stereocenters. The number of likely N-dealkylation sites (tertiary alicyclic amines) is 1. The zero-order valence-corrected chi connectivity index (χ0v) is 19.9. The maximum Gasteiger partial charge on any atom is 0.261 e. The molecular formula is C26H24N6O2S. The third-order valence-corrected chi connectivity index (χ3v) is 8.33. The lowest BCUT2D eigenvalue weighted by molar-refractivity contribution is -0.122. The van der Waals surface area contributed by atoms with Crippen molar-refractivity contribution in [3.63, 3.8) is 0 Å². The van der Waals surface area contributed by atoms with E-state index < -0.39 is 11.8 Å². The second-order valence-corrected chi connectivity index (χ2v) is 10.3. The Labute approximate surface area is 205 Å². The standard InChI is InChI=1S/C26H24N6O2S/c33-23-20(18-14-27-25-16(18)8-13-35-25)21(24(34)30-23)22-17-4-1-2-5-19(17)28-26(29-22)32-11-6-15(7-12-32)31-9-3-10-31/h1-2,4-5,8,13-15,27H,3,6-7,9-12H2,(H,30,33,34). The third kappa shape index (κ3) is 3.30. The average Bonchev–Trinajstić information content (AvgIpc) is 3.52. The lowest BCUT2D eigenvalue weighted by Crippen LogP contribution is -2.50. The van der Waals surface area contributed by atoms with E-state index in [-0.39, 0.29) is 0 Å². The minimum Gasteiger partial charge on any atom is -0.352 e. The first-order chi connectivity index (χ1) is 17.2. The Balaban J connectivity index is 1.36. The van der Waals surface area contributed by atoms with Crippen LogP contribution >= 0.6 is 11.3 Å². The molecule has 2 saturated heterocycles. The first kappa shape index (κ1) is 20.8. The molecule has 2 fully saturated rings. The van der Waals surface area contributed by atoms with Crippen molar-refractivity contribution in [1.82, 2.24) is 25.2 Å². The molecule has 6 heterocycles. The van der Waals surface area contributed by atoms with Crippen molar-refractivity contribution in [2.75, 3.05) is 31.1 Å². The fraction of sp³-hybridized carbons (Fsp3) is 0.308. The number of aromatic amines is 1. The van der Waals surface area contributed by atoms with Gasteiger partial charge in [-0.25, -0.2) is 9.97 Å². The molecule has 2 amide bonds. The normalized spacial score (nSPS) is 19.7. The van der Waals surface area contributed by atoms with Crippen molar-refractivity contribution in [3.8, 4) is 0 Å². The van der Waals surface area contributed by atoms with Crippen LogP contribution in [0.3, 0.4) is 0 Å². The molecule has 0 spiro atoms. The summed E-state index contributed by atoms with van der Waals surface area (Å²) in [7, 11) is 0. The number of fused-ring (bicyclic) bond motifs is 2. The summed E-state index contributed by atoms with van der Waals surface area (Å²) in [4.78, 5) is 45.0. The Morgan fingerprint density at radius 2 is 1.71 bits per heavy atom. The number of para-hydroxylation sites is 1. The summed E-state index contributed by atoms with van der Waals surface area (Å²) < 4.78 is 0. The lowest BCUT2D eigenvalue weighted by atomic mass is 9.97. The molecule has 2 N–H and O–H groups in total. The Bertz CT molecular complexity index is 1520. The molecule has 8 nitrogen and oxygen atoms in total. The maximum atomic E-state index is 13.2. The summed E-state index contributed by atoms with van der Waals surface area (Å²) in [5.41, 5.74) is 2.69. The molecule has 0 saturated carbocycles. The minimum atomic E-state index is -0.416. The highest BCUT2D eigenvalue weighted by molar-refractivity contribution is 7.16. The van der Waals surface area contributed by atoms with E-state index >= 15 is 0 Å². The molecule has 3 aromatic heterocycles. The number of rotatable bonds is 4. The van der Waals surface area contributed by atoms with Gasteiger partial charge in [-0.3, -0.25) is 14.9 Å². The van der Waals surface area contributed by atoms with E-state index in [0.717, 1.165) is 52.6 Å². The van der Waals surface area contributed by atoms with Crippen LogP contribution in [0.25, 0.3) is 32.3 Å². The quantitative estimate of drug-likeness (QED) is 0.431. The second-order valence-electron chi connectivity index (χ2n) is 9.40. The first-order valence-corrected chi connectivity index (χ1v) is 13.0. The van der Waals surface area contributed by atoms with E-state index in [1.807, 2.05) is 35.7 Å². The number of imide groups is 1. The highest BCUT2D eigenvalue weighted by atomic mass is 32.1. The third-order valence-electron chi connectivity index (χ3n) is 7.49. The maximum absolute atomic E-state index is 13.2. The number of benzene rings is 1. The number of aromatic nitrogens is 3. The number of carbonyl (C=O) groups is 2. The SMILES string of the molecule is O=C1NC(=O)C(c2c[nH]c3sccc23)=C1c1nc(N2CCC(N3CCC3)CC2)nc2ccccc12. The van der Waals surface area contributed by atoms with Crippen LogP contribution in [-0.4, -0.2) is 63.9 Å². The summed E-state index contributed by atoms with van der Waals surface area (Å²) in [5, 5.41) is 6.18. The van der Waals surface area contributed by atoms with Crippen molar-refractivity contribution in [2.24, 2.45) is 0 Å². The van der Waals surface area contributed by atoms with Gasteiger partial charge in [0.25, 0.3) is 11.8 Å². The van der Waals surface area contributed by atoms with Gasteiger partial charge in [0.05, 0.1) is 22.4 Å². The number of amides is 2. The zero-order valence-electron chi connectivity index (χ0n) is 19.1. The number of thiophene rings is 1. The summed E-state index contributed by atoms with van der Waals surface area (Å²) in [5.74, 6) is -0.188. The van der Waals surface area contributed by atoms with Crippen LogP contribution < -0.4 is 10.2 Å². The van der Waals surface area contributed by atoms with Crippen molar-refractivity contribution < 1.29 is 9.59 Å². The van der Waals surface area contributed by atoms with Crippen LogP contribution in [0.2, 0.25) is 0 Å². The average molecular weight is 485 g/mol. The second kappa shape index (κ2) is 8.00. The van der Waals surface area contributed by atoms with Gasteiger partial charge in [0.2, 0.25) is 5.95 Å². The number of H-pyrrole nitrogens is 1. The van der Waals surface area contributed by atoms with Crippen LogP contribution in [0.1, 0.15) is 30.5 Å². The summed E-state index contributed by atoms with van der Waals surface area (Å²) in [6.07, 6.45) is 5.27. The Kier molecular flexibility index (Phi) is 4.75. The highest BCUT2D eigenvalue weighted by Gasteiger charge is 2.36. The van der Waals surface area contributed by atoms with E-state index in [1.54, 1.807) is 17.5 Å². The van der Waals surface area contributed by atoms with Gasteiger partial charge >= 0.3 is 0 Å². The molecule has 4 aromatic rings. The molecule has 1 aromatic carbocycles. The number of piperidine rings is 1. The number of hydrogen-bond acceptors (Lipinski definition) is 7. The molecule has 0 radical (unpaired) electrons. The monoisotopic (exact) mass is 484 g/mol. The number of nitrogens with one attached hydrogen (secondary N) is 2. The molecule has 7 rings (SSSR count). The lowest BCUT2D eigenvalue weighted by Gasteiger charge is -2.43. The minimum absolute atomic E-state index is 0.317. The van der Waals surface area contributed by atoms with E-state index in [2.05, 4.69) is 20.1 Å². The van der Waals surface area contributed by atoms with Crippen molar-refractivity contribution >= 4 is 61.4 Å². The predicted molar refractivity (Wildman–Crippen MR) is 137 cm³/mol. The smallest absolute Gasteiger partial charge is 0.261 e. The van der Waals surface area contributed by atoms with Gasteiger partial charge in [-0.05, 0) is 49.9 Å². The van der Waals surface area contributed by atoms with E-state index in [0.29, 0.717) is 28.8 Å². The molecule has 0 unspecified atom stereocenters. The van der Waals surface area contributed by atoms with Crippen LogP contribution in [0, 0.1) is 0 Å². The number of anilines is 1. The van der Waals surface area contributed by atoms with E-state index in [1.165, 1.54) is 19.5 Å². The van der Waals surface area contributed by atoms with Gasteiger partial charge in [-0.15, -0.1) is 11.3 Å². The number of hydrogen-bond donors (Lipinski definition) is 2. The van der Waals surface area contributed by atoms with E-state index in [4.69, 9.17) is 9.97 Å². The van der Waals surface area contributed by atoms with Crippen molar-refractivity contribution in [2.45, 2.75) is 25.3 Å². The predicted octanol–water partition coefficient (Wildman–Crippen LogP) is 3.41. The fourth-order valence-electron chi connectivity index (χ4n) is 5.53. The molecule has 176 valence electrons. The topological polar surface area (TPSA) is 94.2 Å². The van der Waals surface area contributed by atoms with Crippen molar-refractivity contribution in [3.05, 3.63) is 53.2 Å². The van der Waals surface area contributed by atoms with Crippen LogP contribution in [0.5, 0.6) is 0 Å². The Morgan fingerprint density at radius 3 is 2.51 bits per heavy atom. The summed E-state index contributed by atoms with van der Waals surface area (Å²) >= 11 is 1.57. The first-order valence-electron chi connectivity index (χ1n) is 12.1. The Hall–Kier alpha value is -3.56. The number of carbonyl (C=O) groups excluding carboxylic acids is 2. The summed E-state index contributed by atoms with van der Waals surface area (Å²) in [6.45, 7) is 4.17. The van der Waals surface area contributed by atoms with Crippen LogP contribution in [0.15, 0.2) is 41.9 Å². The van der Waals surface area contributed by atoms with E-state index in [9.17, 15) is 9.59 Å². The van der Waals surface area contributed by atoms with Gasteiger partial charge in [-0.2, -0.15) is 0 Å². The highest BCUT2D eigenvalue weighted by Crippen LogP contribution is 2.38. The van der Waals surface area contributed by atoms with Gasteiger partial charge in [-0.1, -0.05) is 18.2 Å². The van der Waals surface area contributed by atoms with Crippen LogP contribution in [0.4, 0.5) is 5.95 Å². The molecule has 0 aliphatic carbocycles. The molecule has 9 heteroatoms. The molecule has 0 bridgehead atoms. The fourth-order valence-corrected chi connectivity index (χ4v) is 6.30. The largest absolute Gasteiger partial charge is 0.352 e. The molecule has 35 heavy (non-hydrogen) atoms. The van der Waals surface area contributed by atoms with Gasteiger partial charge in [0, 0.05) is 41.7 Å². The number of nitrogens with zero attached hydrogens (tertiary/aromatic N) is 4.